The second-order valence-corrected chi connectivity index (χ2v) is 10.6. The van der Waals surface area contributed by atoms with Crippen LogP contribution in [0.2, 0.25) is 5.02 Å². The highest BCUT2D eigenvalue weighted by atomic mass is 35.5. The summed E-state index contributed by atoms with van der Waals surface area (Å²) in [5.74, 6) is 0.651. The molecule has 1 aromatic heterocycles. The third-order valence-corrected chi connectivity index (χ3v) is 8.97. The molecule has 28 heavy (non-hydrogen) atoms. The molecule has 0 saturated heterocycles. The van der Waals surface area contributed by atoms with Crippen LogP contribution in [0.3, 0.4) is 0 Å². The van der Waals surface area contributed by atoms with Gasteiger partial charge in [0.05, 0.1) is 22.8 Å². The number of aliphatic imine (C=N–C) groups is 1. The van der Waals surface area contributed by atoms with Gasteiger partial charge in [0.1, 0.15) is 11.3 Å². The van der Waals surface area contributed by atoms with E-state index in [-0.39, 0.29) is 11.7 Å². The quantitative estimate of drug-likeness (QED) is 0.798. The van der Waals surface area contributed by atoms with Crippen molar-refractivity contribution in [3.8, 4) is 5.75 Å². The number of fused-ring (bicyclic) bond motifs is 1. The first-order chi connectivity index (χ1) is 13.1. The number of guanidine groups is 1. The van der Waals surface area contributed by atoms with Crippen LogP contribution in [0.25, 0.3) is 11.6 Å². The fraction of sp³-hybridized carbons (Fsp3) is 0.316. The molecule has 0 spiro atoms. The monoisotopic (exact) mass is 437 g/mol. The molecule has 0 radical (unpaired) electrons. The van der Waals surface area contributed by atoms with E-state index in [1.54, 1.807) is 14.0 Å². The van der Waals surface area contributed by atoms with E-state index in [9.17, 15) is 8.42 Å². The second kappa shape index (κ2) is 6.50. The number of halogens is 1. The van der Waals surface area contributed by atoms with E-state index in [1.165, 1.54) is 18.4 Å². The SMILES string of the molecule is COc1cccc2c1CC(c1cc(Cl)c([C@]3(C)CS(=O)(=O)N(C)C(N)=N3)s1)=C2. The standard InChI is InChI=1S/C19H20ClN3O3S2/c1-19(10-28(24,25)23(2)18(21)22-19)17-14(20)9-16(27-17)12-7-11-5-4-6-15(26-3)13(11)8-12/h4-7,9H,8,10H2,1-3H3,(H2,21,22)/t19-/m0/s1. The molecule has 2 heterocycles. The number of rotatable bonds is 3. The lowest BCUT2D eigenvalue weighted by molar-refractivity contribution is 0.411. The molecule has 0 fully saturated rings. The summed E-state index contributed by atoms with van der Waals surface area (Å²) in [6.45, 7) is 1.76. The number of allylic oxidation sites excluding steroid dienone is 1. The third kappa shape index (κ3) is 3.00. The molecule has 1 aliphatic heterocycles. The van der Waals surface area contributed by atoms with Gasteiger partial charge in [-0.3, -0.25) is 0 Å². The summed E-state index contributed by atoms with van der Waals surface area (Å²) in [6.07, 6.45) is 2.86. The first-order valence-electron chi connectivity index (χ1n) is 8.63. The van der Waals surface area contributed by atoms with Crippen LogP contribution >= 0.6 is 22.9 Å². The lowest BCUT2D eigenvalue weighted by atomic mass is 10.0. The number of ether oxygens (including phenoxy) is 1. The third-order valence-electron chi connectivity index (χ3n) is 5.14. The summed E-state index contributed by atoms with van der Waals surface area (Å²) in [7, 11) is -0.481. The number of sulfonamides is 1. The molecule has 0 amide bonds. The van der Waals surface area contributed by atoms with Crippen molar-refractivity contribution >= 4 is 50.6 Å². The predicted molar refractivity (Wildman–Crippen MR) is 114 cm³/mol. The number of hydrogen-bond acceptors (Lipinski definition) is 6. The minimum Gasteiger partial charge on any atom is -0.496 e. The zero-order valence-electron chi connectivity index (χ0n) is 15.7. The Hall–Kier alpha value is -2.03. The largest absolute Gasteiger partial charge is 0.496 e. The van der Waals surface area contributed by atoms with Crippen molar-refractivity contribution in [2.24, 2.45) is 10.7 Å². The van der Waals surface area contributed by atoms with E-state index in [1.807, 2.05) is 18.2 Å². The normalized spacial score (nSPS) is 23.2. The molecule has 6 nitrogen and oxygen atoms in total. The minimum absolute atomic E-state index is 0.0306. The fourth-order valence-electron chi connectivity index (χ4n) is 3.65. The van der Waals surface area contributed by atoms with Gasteiger partial charge in [-0.2, -0.15) is 0 Å². The van der Waals surface area contributed by atoms with Crippen molar-refractivity contribution in [3.63, 3.8) is 0 Å². The molecule has 1 aromatic carbocycles. The summed E-state index contributed by atoms with van der Waals surface area (Å²) in [6, 6.07) is 7.85. The molecule has 0 saturated carbocycles. The Labute approximate surface area is 173 Å². The molecule has 1 atom stereocenters. The molecule has 148 valence electrons. The van der Waals surface area contributed by atoms with Crippen molar-refractivity contribution < 1.29 is 13.2 Å². The minimum atomic E-state index is -3.55. The molecular weight excluding hydrogens is 418 g/mol. The van der Waals surface area contributed by atoms with E-state index < -0.39 is 15.6 Å². The van der Waals surface area contributed by atoms with Crippen LogP contribution < -0.4 is 10.5 Å². The Balaban J connectivity index is 1.73. The smallest absolute Gasteiger partial charge is 0.239 e. The second-order valence-electron chi connectivity index (χ2n) is 7.13. The van der Waals surface area contributed by atoms with Gasteiger partial charge in [-0.05, 0) is 36.3 Å². The van der Waals surface area contributed by atoms with E-state index in [2.05, 4.69) is 17.1 Å². The fourth-order valence-corrected chi connectivity index (χ4v) is 6.82. The average molecular weight is 438 g/mol. The van der Waals surface area contributed by atoms with Crippen molar-refractivity contribution in [1.82, 2.24) is 4.31 Å². The van der Waals surface area contributed by atoms with Gasteiger partial charge in [-0.1, -0.05) is 23.7 Å². The van der Waals surface area contributed by atoms with Crippen LogP contribution in [-0.2, 0) is 22.0 Å². The van der Waals surface area contributed by atoms with Crippen LogP contribution in [0.1, 0.15) is 27.8 Å². The van der Waals surface area contributed by atoms with Crippen molar-refractivity contribution in [2.45, 2.75) is 18.9 Å². The molecular formula is C19H20ClN3O3S2. The molecule has 4 rings (SSSR count). The number of hydrogen-bond donors (Lipinski definition) is 1. The maximum Gasteiger partial charge on any atom is 0.239 e. The summed E-state index contributed by atoms with van der Waals surface area (Å²) in [4.78, 5) is 6.15. The molecule has 2 aliphatic rings. The Bertz CT molecular complexity index is 1140. The van der Waals surface area contributed by atoms with Crippen molar-refractivity contribution in [2.75, 3.05) is 19.9 Å². The maximum atomic E-state index is 12.5. The van der Waals surface area contributed by atoms with Gasteiger partial charge in [-0.15, -0.1) is 11.3 Å². The average Bonchev–Trinajstić information content (AvgIpc) is 3.22. The van der Waals surface area contributed by atoms with Gasteiger partial charge < -0.3 is 10.5 Å². The van der Waals surface area contributed by atoms with E-state index in [4.69, 9.17) is 22.1 Å². The zero-order chi connectivity index (χ0) is 20.3. The number of thiophene rings is 1. The Kier molecular flexibility index (Phi) is 4.48. The highest BCUT2D eigenvalue weighted by molar-refractivity contribution is 7.89. The topological polar surface area (TPSA) is 85.0 Å². The molecule has 2 N–H and O–H groups in total. The van der Waals surface area contributed by atoms with Gasteiger partial charge in [0, 0.05) is 23.9 Å². The van der Waals surface area contributed by atoms with Gasteiger partial charge in [0.2, 0.25) is 16.0 Å². The first-order valence-corrected chi connectivity index (χ1v) is 11.4. The van der Waals surface area contributed by atoms with Gasteiger partial charge in [0.25, 0.3) is 0 Å². The van der Waals surface area contributed by atoms with E-state index in [0.29, 0.717) is 9.90 Å². The summed E-state index contributed by atoms with van der Waals surface area (Å²) in [5, 5.41) is 0.502. The van der Waals surface area contributed by atoms with E-state index >= 15 is 0 Å². The Morgan fingerprint density at radius 1 is 1.39 bits per heavy atom. The number of nitrogens with zero attached hydrogens (tertiary/aromatic N) is 2. The molecule has 0 unspecified atom stereocenters. The summed E-state index contributed by atoms with van der Waals surface area (Å²) in [5.41, 5.74) is 8.23. The molecule has 1 aliphatic carbocycles. The van der Waals surface area contributed by atoms with Gasteiger partial charge in [-0.25, -0.2) is 17.7 Å². The van der Waals surface area contributed by atoms with Crippen molar-refractivity contribution in [1.29, 1.82) is 0 Å². The first kappa shape index (κ1) is 19.3. The summed E-state index contributed by atoms with van der Waals surface area (Å²) >= 11 is 8.00. The number of benzene rings is 1. The van der Waals surface area contributed by atoms with Crippen LogP contribution in [-0.4, -0.2) is 38.6 Å². The van der Waals surface area contributed by atoms with Gasteiger partial charge in [0.15, 0.2) is 0 Å². The number of nitrogens with two attached hydrogens (primary N) is 1. The number of methoxy groups -OCH3 is 1. The lowest BCUT2D eigenvalue weighted by Crippen LogP contribution is -2.50. The lowest BCUT2D eigenvalue weighted by Gasteiger charge is -2.33. The highest BCUT2D eigenvalue weighted by Crippen LogP contribution is 2.45. The Morgan fingerprint density at radius 2 is 2.14 bits per heavy atom. The predicted octanol–water partition coefficient (Wildman–Crippen LogP) is 3.31. The maximum absolute atomic E-state index is 12.5. The molecule has 9 heteroatoms. The van der Waals surface area contributed by atoms with E-state index in [0.717, 1.165) is 38.1 Å². The zero-order valence-corrected chi connectivity index (χ0v) is 18.1. The van der Waals surface area contributed by atoms with Crippen molar-refractivity contribution in [3.05, 3.63) is 50.2 Å². The summed E-state index contributed by atoms with van der Waals surface area (Å²) < 4.78 is 31.4. The van der Waals surface area contributed by atoms with Crippen LogP contribution in [0.5, 0.6) is 5.75 Å². The van der Waals surface area contributed by atoms with Crippen LogP contribution in [0, 0.1) is 0 Å². The van der Waals surface area contributed by atoms with Crippen LogP contribution in [0.4, 0.5) is 0 Å². The molecule has 0 bridgehead atoms. The Morgan fingerprint density at radius 3 is 2.82 bits per heavy atom. The van der Waals surface area contributed by atoms with Gasteiger partial charge >= 0.3 is 0 Å². The molecule has 2 aromatic rings. The highest BCUT2D eigenvalue weighted by Gasteiger charge is 2.42. The van der Waals surface area contributed by atoms with Crippen LogP contribution in [0.15, 0.2) is 29.3 Å².